The van der Waals surface area contributed by atoms with Crippen molar-refractivity contribution in [2.45, 2.75) is 33.6 Å². The van der Waals surface area contributed by atoms with E-state index < -0.39 is 11.9 Å². The minimum atomic E-state index is -0.411. The normalized spacial score (nSPS) is 10.8. The summed E-state index contributed by atoms with van der Waals surface area (Å²) in [5.74, 6) is 0.736. The lowest BCUT2D eigenvalue weighted by Crippen LogP contribution is -2.06. The first-order valence-electron chi connectivity index (χ1n) is 11.1. The highest BCUT2D eigenvalue weighted by Gasteiger charge is 2.13. The second kappa shape index (κ2) is 10.2. The number of nitrogens with zero attached hydrogens (tertiary/aromatic N) is 2. The van der Waals surface area contributed by atoms with Crippen molar-refractivity contribution in [1.82, 2.24) is 9.78 Å². The quantitative estimate of drug-likeness (QED) is 0.205. The van der Waals surface area contributed by atoms with Gasteiger partial charge in [-0.15, -0.1) is 0 Å². The summed E-state index contributed by atoms with van der Waals surface area (Å²) < 4.78 is 18.5. The Morgan fingerprint density at radius 1 is 0.853 bits per heavy atom. The van der Waals surface area contributed by atoms with Gasteiger partial charge in [-0.1, -0.05) is 30.3 Å². The van der Waals surface area contributed by atoms with Crippen LogP contribution in [0.15, 0.2) is 66.7 Å². The van der Waals surface area contributed by atoms with Gasteiger partial charge in [-0.2, -0.15) is 5.10 Å². The summed E-state index contributed by atoms with van der Waals surface area (Å²) in [6, 6.07) is 20.9. The molecule has 0 N–H and O–H groups in total. The molecule has 3 aromatic carbocycles. The molecule has 0 amide bonds. The monoisotopic (exact) mass is 458 g/mol. The summed E-state index contributed by atoms with van der Waals surface area (Å²) >= 11 is 0. The van der Waals surface area contributed by atoms with Crippen LogP contribution in [0.1, 0.15) is 31.5 Å². The molecule has 0 spiro atoms. The Morgan fingerprint density at radius 3 is 2.21 bits per heavy atom. The molecule has 7 heteroatoms. The van der Waals surface area contributed by atoms with Crippen LogP contribution in [0, 0.1) is 6.92 Å². The largest absolute Gasteiger partial charge is 0.478 e. The summed E-state index contributed by atoms with van der Waals surface area (Å²) in [6.45, 7) is 5.16. The lowest BCUT2D eigenvalue weighted by atomic mass is 10.0. The van der Waals surface area contributed by atoms with Gasteiger partial charge in [-0.3, -0.25) is 9.59 Å². The van der Waals surface area contributed by atoms with Gasteiger partial charge in [0.15, 0.2) is 0 Å². The van der Waals surface area contributed by atoms with E-state index in [1.165, 1.54) is 13.8 Å². The maximum atomic E-state index is 11.6. The van der Waals surface area contributed by atoms with Crippen molar-refractivity contribution in [3.63, 3.8) is 0 Å². The summed E-state index contributed by atoms with van der Waals surface area (Å²) in [6.07, 6.45) is 1.53. The van der Waals surface area contributed by atoms with E-state index >= 15 is 0 Å². The van der Waals surface area contributed by atoms with Gasteiger partial charge in [0.2, 0.25) is 5.88 Å². The first kappa shape index (κ1) is 23.0. The number of benzene rings is 3. The molecule has 1 heterocycles. The van der Waals surface area contributed by atoms with Crippen molar-refractivity contribution in [1.29, 1.82) is 0 Å². The zero-order valence-corrected chi connectivity index (χ0v) is 19.4. The number of rotatable bonds is 8. The van der Waals surface area contributed by atoms with Crippen LogP contribution in [-0.2, 0) is 16.0 Å². The summed E-state index contributed by atoms with van der Waals surface area (Å²) in [7, 11) is 0. The molecule has 174 valence electrons. The average Bonchev–Trinajstić information content (AvgIpc) is 3.18. The highest BCUT2D eigenvalue weighted by molar-refractivity contribution is 5.96. The topological polar surface area (TPSA) is 79.7 Å². The number of carbonyl (C=O) groups excluding carboxylic acids is 2. The Balaban J connectivity index is 1.48. The molecule has 4 rings (SSSR count). The smallest absolute Gasteiger partial charge is 0.308 e. The number of hydrogen-bond acceptors (Lipinski definition) is 6. The summed E-state index contributed by atoms with van der Waals surface area (Å²) in [4.78, 5) is 23.0. The number of para-hydroxylation sites is 1. The van der Waals surface area contributed by atoms with E-state index in [9.17, 15) is 9.59 Å². The van der Waals surface area contributed by atoms with Gasteiger partial charge in [0.25, 0.3) is 0 Å². The molecule has 0 aliphatic carbocycles. The number of fused-ring (bicyclic) bond motifs is 1. The van der Waals surface area contributed by atoms with E-state index in [4.69, 9.17) is 14.2 Å². The number of aryl methyl sites for hydroxylation is 2. The standard InChI is InChI=1S/C27H26N2O5/c1-18-16-27(29(28-18)22-9-5-4-6-10-22)32-15-7-8-21-11-12-23-24(17-21)26(34-20(3)31)14-13-25(23)33-19(2)30/h4-6,9-14,16-17H,7-8,15H2,1-3H3. The molecule has 0 saturated carbocycles. The molecule has 4 aromatic rings. The number of carbonyl (C=O) groups is 2. The van der Waals surface area contributed by atoms with Gasteiger partial charge in [0, 0.05) is 30.7 Å². The molecular weight excluding hydrogens is 432 g/mol. The van der Waals surface area contributed by atoms with Crippen LogP contribution in [0.2, 0.25) is 0 Å². The zero-order valence-electron chi connectivity index (χ0n) is 19.4. The van der Waals surface area contributed by atoms with Gasteiger partial charge in [-0.05, 0) is 55.7 Å². The molecule has 7 nitrogen and oxygen atoms in total. The zero-order chi connectivity index (χ0) is 24.1. The van der Waals surface area contributed by atoms with Crippen molar-refractivity contribution in [2.75, 3.05) is 6.61 Å². The molecule has 0 unspecified atom stereocenters. The van der Waals surface area contributed by atoms with Crippen LogP contribution in [0.4, 0.5) is 0 Å². The van der Waals surface area contributed by atoms with E-state index in [0.29, 0.717) is 34.8 Å². The van der Waals surface area contributed by atoms with Gasteiger partial charge in [0.05, 0.1) is 18.0 Å². The van der Waals surface area contributed by atoms with Gasteiger partial charge in [-0.25, -0.2) is 4.68 Å². The van der Waals surface area contributed by atoms with Crippen LogP contribution in [0.3, 0.4) is 0 Å². The van der Waals surface area contributed by atoms with Crippen LogP contribution in [-0.4, -0.2) is 28.3 Å². The van der Waals surface area contributed by atoms with Crippen LogP contribution >= 0.6 is 0 Å². The molecular formula is C27H26N2O5. The van der Waals surface area contributed by atoms with Crippen molar-refractivity contribution >= 4 is 22.7 Å². The van der Waals surface area contributed by atoms with E-state index in [0.717, 1.165) is 29.8 Å². The van der Waals surface area contributed by atoms with E-state index in [1.54, 1.807) is 16.8 Å². The first-order valence-corrected chi connectivity index (χ1v) is 11.1. The Kier molecular flexibility index (Phi) is 6.92. The van der Waals surface area contributed by atoms with Gasteiger partial charge in [0.1, 0.15) is 11.5 Å². The Bertz CT molecular complexity index is 1330. The first-order chi connectivity index (χ1) is 16.4. The number of ether oxygens (including phenoxy) is 3. The Labute approximate surface area is 197 Å². The lowest BCUT2D eigenvalue weighted by Gasteiger charge is -2.12. The summed E-state index contributed by atoms with van der Waals surface area (Å²) in [5.41, 5.74) is 2.88. The number of esters is 2. The van der Waals surface area contributed by atoms with Gasteiger partial charge < -0.3 is 14.2 Å². The Hall–Kier alpha value is -4.13. The molecule has 34 heavy (non-hydrogen) atoms. The fourth-order valence-corrected chi connectivity index (χ4v) is 3.77. The lowest BCUT2D eigenvalue weighted by molar-refractivity contribution is -0.132. The molecule has 0 radical (unpaired) electrons. The second-order valence-corrected chi connectivity index (χ2v) is 7.95. The van der Waals surface area contributed by atoms with Crippen molar-refractivity contribution in [2.24, 2.45) is 0 Å². The maximum Gasteiger partial charge on any atom is 0.308 e. The predicted molar refractivity (Wildman–Crippen MR) is 129 cm³/mol. The number of hydrogen-bond donors (Lipinski definition) is 0. The van der Waals surface area contributed by atoms with Crippen LogP contribution < -0.4 is 14.2 Å². The van der Waals surface area contributed by atoms with Crippen LogP contribution in [0.5, 0.6) is 17.4 Å². The third kappa shape index (κ3) is 5.43. The fraction of sp³-hybridized carbons (Fsp3) is 0.222. The van der Waals surface area contributed by atoms with Crippen molar-refractivity contribution in [3.05, 3.63) is 78.0 Å². The minimum Gasteiger partial charge on any atom is -0.478 e. The third-order valence-corrected chi connectivity index (χ3v) is 5.17. The average molecular weight is 459 g/mol. The van der Waals surface area contributed by atoms with Crippen molar-refractivity contribution < 1.29 is 23.8 Å². The molecule has 0 aliphatic rings. The molecule has 0 atom stereocenters. The van der Waals surface area contributed by atoms with Crippen molar-refractivity contribution in [3.8, 4) is 23.1 Å². The molecule has 0 aliphatic heterocycles. The van der Waals surface area contributed by atoms with Crippen LogP contribution in [0.25, 0.3) is 16.5 Å². The predicted octanol–water partition coefficient (Wildman–Crippen LogP) is 5.20. The Morgan fingerprint density at radius 2 is 1.53 bits per heavy atom. The molecule has 1 aromatic heterocycles. The highest BCUT2D eigenvalue weighted by atomic mass is 16.5. The molecule has 0 bridgehead atoms. The highest BCUT2D eigenvalue weighted by Crippen LogP contribution is 2.34. The summed E-state index contributed by atoms with van der Waals surface area (Å²) in [5, 5.41) is 5.95. The maximum absolute atomic E-state index is 11.6. The van der Waals surface area contributed by atoms with E-state index in [2.05, 4.69) is 5.10 Å². The molecule has 0 fully saturated rings. The third-order valence-electron chi connectivity index (χ3n) is 5.17. The molecule has 0 saturated heterocycles. The fourth-order valence-electron chi connectivity index (χ4n) is 3.77. The SMILES string of the molecule is CC(=O)Oc1ccc(OC(C)=O)c2cc(CCCOc3cc(C)nn3-c3ccccc3)ccc12. The van der Waals surface area contributed by atoms with E-state index in [-0.39, 0.29) is 0 Å². The van der Waals surface area contributed by atoms with E-state index in [1.807, 2.05) is 61.5 Å². The minimum absolute atomic E-state index is 0.409. The second-order valence-electron chi connectivity index (χ2n) is 7.95. The number of aromatic nitrogens is 2. The van der Waals surface area contributed by atoms with Gasteiger partial charge >= 0.3 is 11.9 Å².